The van der Waals surface area contributed by atoms with E-state index >= 15 is 0 Å². The predicted octanol–water partition coefficient (Wildman–Crippen LogP) is 1.41. The van der Waals surface area contributed by atoms with Crippen molar-refractivity contribution in [3.8, 4) is 0 Å². The highest BCUT2D eigenvalue weighted by Crippen LogP contribution is 2.30. The first-order valence-electron chi connectivity index (χ1n) is 10.5. The fraction of sp³-hybridized carbons (Fsp3) is 0.318. The van der Waals surface area contributed by atoms with E-state index in [1.54, 1.807) is 24.3 Å². The Hall–Kier alpha value is -4.35. The summed E-state index contributed by atoms with van der Waals surface area (Å²) in [5.41, 5.74) is 14.3. The number of aromatic amines is 1. The molecule has 1 unspecified atom stereocenters. The number of benzene rings is 1. The van der Waals surface area contributed by atoms with Gasteiger partial charge in [0.1, 0.15) is 17.5 Å². The van der Waals surface area contributed by atoms with E-state index in [4.69, 9.17) is 16.6 Å². The molecule has 1 amide bonds. The van der Waals surface area contributed by atoms with E-state index in [1.807, 2.05) is 25.1 Å². The number of amides is 1. The number of likely N-dealkylation sites (N-methyl/N-ethyl adjacent to an activating group) is 1. The molecule has 34 heavy (non-hydrogen) atoms. The summed E-state index contributed by atoms with van der Waals surface area (Å²) < 4.78 is 0. The Kier molecular flexibility index (Phi) is 7.19. The molecule has 0 bridgehead atoms. The van der Waals surface area contributed by atoms with Gasteiger partial charge in [0.2, 0.25) is 5.95 Å². The minimum absolute atomic E-state index is 0.0572. The van der Waals surface area contributed by atoms with Gasteiger partial charge >= 0.3 is 11.9 Å². The van der Waals surface area contributed by atoms with Crippen molar-refractivity contribution in [2.45, 2.75) is 31.7 Å². The van der Waals surface area contributed by atoms with Gasteiger partial charge in [-0.05, 0) is 36.2 Å². The number of aliphatic carboxylic acids is 2. The Labute approximate surface area is 195 Å². The molecule has 12 nitrogen and oxygen atoms in total. The maximum atomic E-state index is 12.4. The molecule has 0 saturated carbocycles. The topological polar surface area (TPSA) is 201 Å². The second kappa shape index (κ2) is 10.1. The Morgan fingerprint density at radius 1 is 1.15 bits per heavy atom. The van der Waals surface area contributed by atoms with Crippen molar-refractivity contribution in [1.82, 2.24) is 20.3 Å². The van der Waals surface area contributed by atoms with Gasteiger partial charge < -0.3 is 36.9 Å². The molecule has 0 aliphatic rings. The lowest BCUT2D eigenvalue weighted by atomic mass is 10.0. The smallest absolute Gasteiger partial charge is 0.326 e. The molecule has 0 fully saturated rings. The number of fused-ring (bicyclic) bond motifs is 1. The lowest BCUT2D eigenvalue weighted by Gasteiger charge is -2.24. The Morgan fingerprint density at radius 3 is 2.44 bits per heavy atom. The third-order valence-electron chi connectivity index (χ3n) is 5.51. The number of carbonyl (C=O) groups is 3. The van der Waals surface area contributed by atoms with E-state index in [2.05, 4.69) is 20.3 Å². The number of carboxylic acid groups (broad SMARTS) is 2. The van der Waals surface area contributed by atoms with Crippen LogP contribution in [-0.4, -0.2) is 62.6 Å². The van der Waals surface area contributed by atoms with E-state index < -0.39 is 23.9 Å². The third kappa shape index (κ3) is 5.52. The normalized spacial score (nSPS) is 12.8. The number of carbonyl (C=O) groups excluding carboxylic acids is 1. The number of aromatic nitrogens is 3. The number of hydrogen-bond donors (Lipinski definition) is 6. The molecule has 0 spiro atoms. The molecule has 0 aliphatic carbocycles. The average Bonchev–Trinajstić information content (AvgIpc) is 3.20. The van der Waals surface area contributed by atoms with Crippen molar-refractivity contribution in [2.75, 3.05) is 30.0 Å². The van der Waals surface area contributed by atoms with Crippen molar-refractivity contribution < 1.29 is 24.6 Å². The molecule has 12 heteroatoms. The van der Waals surface area contributed by atoms with Gasteiger partial charge in [-0.2, -0.15) is 9.97 Å². The zero-order valence-corrected chi connectivity index (χ0v) is 18.8. The summed E-state index contributed by atoms with van der Waals surface area (Å²) in [4.78, 5) is 47.7. The molecular formula is C22H27N7O5. The molecule has 0 radical (unpaired) electrons. The number of anilines is 3. The van der Waals surface area contributed by atoms with Crippen LogP contribution in [0, 0.1) is 0 Å². The Bertz CT molecular complexity index is 1210. The minimum atomic E-state index is -1.29. The minimum Gasteiger partial charge on any atom is -0.481 e. The lowest BCUT2D eigenvalue weighted by molar-refractivity contribution is -0.140. The molecular weight excluding hydrogens is 442 g/mol. The van der Waals surface area contributed by atoms with Crippen LogP contribution in [0.25, 0.3) is 11.0 Å². The van der Waals surface area contributed by atoms with Crippen LogP contribution >= 0.6 is 0 Å². The second-order valence-electron chi connectivity index (χ2n) is 8.06. The van der Waals surface area contributed by atoms with Gasteiger partial charge in [0.05, 0.1) is 5.39 Å². The summed E-state index contributed by atoms with van der Waals surface area (Å²) in [6.07, 6.45) is 1.27. The van der Waals surface area contributed by atoms with Crippen molar-refractivity contribution >= 4 is 46.3 Å². The van der Waals surface area contributed by atoms with Gasteiger partial charge in [-0.3, -0.25) is 9.59 Å². The van der Waals surface area contributed by atoms with Crippen LogP contribution in [0.15, 0.2) is 30.5 Å². The highest BCUT2D eigenvalue weighted by atomic mass is 16.4. The number of nitrogen functional groups attached to an aromatic ring is 2. The molecule has 2 heterocycles. The molecule has 2 atom stereocenters. The molecule has 180 valence electrons. The summed E-state index contributed by atoms with van der Waals surface area (Å²) in [7, 11) is 1.91. The van der Waals surface area contributed by atoms with Gasteiger partial charge in [0, 0.05) is 43.4 Å². The first kappa shape index (κ1) is 24.3. The highest BCUT2D eigenvalue weighted by molar-refractivity contribution is 5.97. The van der Waals surface area contributed by atoms with Crippen molar-refractivity contribution in [2.24, 2.45) is 0 Å². The van der Waals surface area contributed by atoms with Crippen LogP contribution in [-0.2, 0) is 9.59 Å². The number of hydrogen-bond acceptors (Lipinski definition) is 8. The quantitative estimate of drug-likeness (QED) is 0.252. The van der Waals surface area contributed by atoms with Crippen LogP contribution in [0.1, 0.15) is 41.6 Å². The van der Waals surface area contributed by atoms with Crippen LogP contribution in [0.2, 0.25) is 0 Å². The van der Waals surface area contributed by atoms with Crippen molar-refractivity contribution in [3.05, 3.63) is 41.6 Å². The summed E-state index contributed by atoms with van der Waals surface area (Å²) in [5.74, 6) is -2.54. The van der Waals surface area contributed by atoms with E-state index in [9.17, 15) is 19.5 Å². The summed E-state index contributed by atoms with van der Waals surface area (Å²) >= 11 is 0. The van der Waals surface area contributed by atoms with E-state index in [-0.39, 0.29) is 30.3 Å². The highest BCUT2D eigenvalue weighted by Gasteiger charge is 2.22. The van der Waals surface area contributed by atoms with E-state index in [1.165, 1.54) is 0 Å². The molecule has 3 rings (SSSR count). The summed E-state index contributed by atoms with van der Waals surface area (Å²) in [5, 5.41) is 21.1. The van der Waals surface area contributed by atoms with Crippen molar-refractivity contribution in [3.63, 3.8) is 0 Å². The van der Waals surface area contributed by atoms with Gasteiger partial charge in [-0.1, -0.05) is 6.92 Å². The van der Waals surface area contributed by atoms with Crippen molar-refractivity contribution in [1.29, 1.82) is 0 Å². The first-order chi connectivity index (χ1) is 16.1. The fourth-order valence-electron chi connectivity index (χ4n) is 3.74. The molecule has 2 aromatic heterocycles. The van der Waals surface area contributed by atoms with Crippen LogP contribution < -0.4 is 21.7 Å². The second-order valence-corrected chi connectivity index (χ2v) is 8.06. The van der Waals surface area contributed by atoms with Crippen LogP contribution in [0.5, 0.6) is 0 Å². The van der Waals surface area contributed by atoms with E-state index in [0.29, 0.717) is 18.0 Å². The molecule has 3 aromatic rings. The number of rotatable bonds is 10. The van der Waals surface area contributed by atoms with E-state index in [0.717, 1.165) is 16.6 Å². The fourth-order valence-corrected chi connectivity index (χ4v) is 3.74. The van der Waals surface area contributed by atoms with Gasteiger partial charge in [0.15, 0.2) is 0 Å². The molecule has 1 aromatic carbocycles. The van der Waals surface area contributed by atoms with Gasteiger partial charge in [0.25, 0.3) is 5.91 Å². The number of nitrogens with one attached hydrogen (secondary N) is 2. The largest absolute Gasteiger partial charge is 0.481 e. The predicted molar refractivity (Wildman–Crippen MR) is 127 cm³/mol. The molecule has 8 N–H and O–H groups in total. The van der Waals surface area contributed by atoms with Gasteiger partial charge in [-0.15, -0.1) is 0 Å². The standard InChI is InChI=1S/C22H27N7O5/c1-11(14-9-25-19-17(14)18(23)27-22(24)28-19)10-29(2)13-5-3-12(4-6-13)20(32)26-15(21(33)34)7-8-16(30)31/h3-6,9,11,15H,7-8,10H2,1-2H3,(H,26,32)(H,30,31)(H,33,34)(H5,23,24,25,27,28)/t11?,15-/m0/s1. The average molecular weight is 470 g/mol. The number of nitrogens with two attached hydrogens (primary N) is 2. The maximum Gasteiger partial charge on any atom is 0.326 e. The van der Waals surface area contributed by atoms with Gasteiger partial charge in [-0.25, -0.2) is 4.79 Å². The SMILES string of the molecule is CC(CN(C)c1ccc(C(=O)N[C@@H](CCC(=O)O)C(=O)O)cc1)c1c[nH]c2nc(N)nc(N)c12. The zero-order valence-electron chi connectivity index (χ0n) is 18.8. The monoisotopic (exact) mass is 469 g/mol. The Morgan fingerprint density at radius 2 is 1.82 bits per heavy atom. The number of carboxylic acids is 2. The summed E-state index contributed by atoms with van der Waals surface area (Å²) in [6.45, 7) is 2.67. The van der Waals surface area contributed by atoms with Crippen LogP contribution in [0.4, 0.5) is 17.5 Å². The number of nitrogens with zero attached hydrogens (tertiary/aromatic N) is 3. The zero-order chi connectivity index (χ0) is 25.0. The maximum absolute atomic E-state index is 12.4. The third-order valence-corrected chi connectivity index (χ3v) is 5.51. The molecule has 0 aliphatic heterocycles. The lowest BCUT2D eigenvalue weighted by Crippen LogP contribution is -2.41. The Balaban J connectivity index is 1.67. The molecule has 0 saturated heterocycles. The summed E-state index contributed by atoms with van der Waals surface area (Å²) in [6, 6.07) is 5.39. The van der Waals surface area contributed by atoms with Crippen LogP contribution in [0.3, 0.4) is 0 Å². The first-order valence-corrected chi connectivity index (χ1v) is 10.5. The number of H-pyrrole nitrogens is 1.